The summed E-state index contributed by atoms with van der Waals surface area (Å²) < 4.78 is 2.56. The Labute approximate surface area is 303 Å². The minimum absolute atomic E-state index is 0.0403. The monoisotopic (exact) mass is 660 g/mol. The first kappa shape index (κ1) is 27.3. The molecule has 1 aromatic heterocycles. The van der Waals surface area contributed by atoms with E-state index in [0.717, 1.165) is 6.42 Å². The summed E-state index contributed by atoms with van der Waals surface area (Å²) in [7, 11) is 0. The molecule has 0 saturated carbocycles. The molecule has 0 bridgehead atoms. The van der Waals surface area contributed by atoms with Gasteiger partial charge in [-0.1, -0.05) is 103 Å². The molecule has 4 nitrogen and oxygen atoms in total. The lowest BCUT2D eigenvalue weighted by Crippen LogP contribution is -2.63. The molecule has 240 valence electrons. The van der Waals surface area contributed by atoms with Gasteiger partial charge in [-0.15, -0.1) is 0 Å². The predicted molar refractivity (Wildman–Crippen MR) is 217 cm³/mol. The van der Waals surface area contributed by atoms with Crippen LogP contribution in [-0.2, 0) is 0 Å². The van der Waals surface area contributed by atoms with Gasteiger partial charge < -0.3 is 19.1 Å². The summed E-state index contributed by atoms with van der Waals surface area (Å²) in [5.74, 6) is 0.413. The molecular weight excluding hydrogens is 630 g/mol. The number of hydrogen-bond donors (Lipinski definition) is 0. The maximum absolute atomic E-state index is 2.62. The molecule has 6 heterocycles. The third-order valence-corrected chi connectivity index (χ3v) is 12.4. The molecule has 6 aromatic carbocycles. The quantitative estimate of drug-likeness (QED) is 0.174. The molecule has 7 aromatic rings. The minimum atomic E-state index is 0.0403. The van der Waals surface area contributed by atoms with Gasteiger partial charge in [-0.25, -0.2) is 0 Å². The number of benzene rings is 6. The van der Waals surface area contributed by atoms with Crippen LogP contribution in [0.15, 0.2) is 170 Å². The number of rotatable bonds is 2. The summed E-state index contributed by atoms with van der Waals surface area (Å²) >= 11 is 0. The van der Waals surface area contributed by atoms with Gasteiger partial charge in [0.15, 0.2) is 0 Å². The molecular formula is C46H30B2N4. The molecule has 1 unspecified atom stereocenters. The lowest BCUT2D eigenvalue weighted by molar-refractivity contribution is 0.641. The van der Waals surface area contributed by atoms with Crippen molar-refractivity contribution in [2.45, 2.75) is 6.42 Å². The van der Waals surface area contributed by atoms with Crippen molar-refractivity contribution in [3.63, 3.8) is 0 Å². The highest BCUT2D eigenvalue weighted by Crippen LogP contribution is 2.49. The van der Waals surface area contributed by atoms with Gasteiger partial charge in [0.2, 0.25) is 0 Å². The van der Waals surface area contributed by atoms with E-state index in [2.05, 4.69) is 183 Å². The molecule has 1 aliphatic carbocycles. The Morgan fingerprint density at radius 2 is 1.21 bits per heavy atom. The highest BCUT2D eigenvalue weighted by molar-refractivity contribution is 6.92. The van der Waals surface area contributed by atoms with Crippen molar-refractivity contribution >= 4 is 86.1 Å². The average Bonchev–Trinajstić information content (AvgIpc) is 3.84. The summed E-state index contributed by atoms with van der Waals surface area (Å²) in [5.41, 5.74) is 20.9. The molecule has 5 aliphatic heterocycles. The molecule has 6 aliphatic rings. The molecule has 6 heteroatoms. The highest BCUT2D eigenvalue weighted by atomic mass is 15.2. The van der Waals surface area contributed by atoms with Crippen LogP contribution in [0.3, 0.4) is 0 Å². The summed E-state index contributed by atoms with van der Waals surface area (Å²) in [6, 6.07) is 50.0. The van der Waals surface area contributed by atoms with Gasteiger partial charge in [0, 0.05) is 56.8 Å². The van der Waals surface area contributed by atoms with E-state index in [9.17, 15) is 0 Å². The van der Waals surface area contributed by atoms with E-state index in [1.165, 1.54) is 94.8 Å². The van der Waals surface area contributed by atoms with Crippen molar-refractivity contribution in [1.82, 2.24) is 9.29 Å². The third kappa shape index (κ3) is 3.27. The number of nitrogens with zero attached hydrogens (tertiary/aromatic N) is 4. The Kier molecular flexibility index (Phi) is 5.09. The zero-order chi connectivity index (χ0) is 33.7. The first-order valence-electron chi connectivity index (χ1n) is 18.5. The second-order valence-electron chi connectivity index (χ2n) is 14.9. The van der Waals surface area contributed by atoms with Gasteiger partial charge in [0.25, 0.3) is 0 Å². The third-order valence-electron chi connectivity index (χ3n) is 12.4. The van der Waals surface area contributed by atoms with E-state index in [1.807, 2.05) is 0 Å². The number of hydrogen-bond acceptors (Lipinski definition) is 3. The number of fused-ring (bicyclic) bond motifs is 8. The van der Waals surface area contributed by atoms with Gasteiger partial charge >= 0.3 is 13.7 Å². The van der Waals surface area contributed by atoms with Crippen molar-refractivity contribution in [2.75, 3.05) is 9.80 Å². The van der Waals surface area contributed by atoms with E-state index in [1.54, 1.807) is 0 Å². The maximum atomic E-state index is 2.62. The normalized spacial score (nSPS) is 17.7. The predicted octanol–water partition coefficient (Wildman–Crippen LogP) is 8.08. The van der Waals surface area contributed by atoms with Crippen molar-refractivity contribution in [1.29, 1.82) is 0 Å². The standard InChI is InChI=1S/C46H30B2N4/c1-3-13-31(14-4-1)51-39-21-9-17-33-35-19-7-11-29-23-25-49(45(29)35)47(43(33)39)37-27-38-42(28-41(37)51)52(32-15-5-2-6-16-32)40-22-10-18-34-36-20-8-12-30-24-26-50(46(30)36)48(38)44(34)40/h1-11,13-28,30H,12H2. The van der Waals surface area contributed by atoms with Gasteiger partial charge in [0.05, 0.1) is 0 Å². The van der Waals surface area contributed by atoms with Crippen molar-refractivity contribution in [3.8, 4) is 11.1 Å². The van der Waals surface area contributed by atoms with Crippen molar-refractivity contribution in [2.24, 2.45) is 5.92 Å². The minimum Gasteiger partial charge on any atom is -0.386 e. The van der Waals surface area contributed by atoms with Gasteiger partial charge in [0.1, 0.15) is 0 Å². The molecule has 0 fully saturated rings. The van der Waals surface area contributed by atoms with Gasteiger partial charge in [-0.05, 0) is 111 Å². The molecule has 0 amide bonds. The Bertz CT molecular complexity index is 2820. The van der Waals surface area contributed by atoms with Crippen LogP contribution in [-0.4, -0.2) is 23.0 Å². The maximum Gasteiger partial charge on any atom is 0.332 e. The topological polar surface area (TPSA) is 14.7 Å². The molecule has 1 atom stereocenters. The molecule has 0 spiro atoms. The Morgan fingerprint density at radius 3 is 1.96 bits per heavy atom. The highest BCUT2D eigenvalue weighted by Gasteiger charge is 2.49. The molecule has 0 N–H and O–H groups in total. The fraction of sp³-hybridized carbons (Fsp3) is 0.0435. The number of allylic oxidation sites excluding steroid dienone is 4. The van der Waals surface area contributed by atoms with E-state index < -0.39 is 0 Å². The number of aromatic nitrogens is 1. The Balaban J connectivity index is 1.17. The summed E-state index contributed by atoms with van der Waals surface area (Å²) in [5, 5.41) is 1.29. The Hall–Kier alpha value is -6.39. The fourth-order valence-electron chi connectivity index (χ4n) is 10.4. The van der Waals surface area contributed by atoms with Crippen LogP contribution < -0.4 is 31.7 Å². The lowest BCUT2D eigenvalue weighted by Gasteiger charge is -2.47. The van der Waals surface area contributed by atoms with E-state index in [-0.39, 0.29) is 13.7 Å². The van der Waals surface area contributed by atoms with Crippen LogP contribution in [0, 0.1) is 5.92 Å². The van der Waals surface area contributed by atoms with Crippen LogP contribution in [0.2, 0.25) is 0 Å². The van der Waals surface area contributed by atoms with Gasteiger partial charge in [-0.2, -0.15) is 0 Å². The summed E-state index contributed by atoms with van der Waals surface area (Å²) in [4.78, 5) is 7.66. The summed E-state index contributed by atoms with van der Waals surface area (Å²) in [6.07, 6.45) is 12.9. The second kappa shape index (κ2) is 9.68. The van der Waals surface area contributed by atoms with Crippen molar-refractivity contribution in [3.05, 3.63) is 175 Å². The van der Waals surface area contributed by atoms with E-state index >= 15 is 0 Å². The zero-order valence-electron chi connectivity index (χ0n) is 28.3. The van der Waals surface area contributed by atoms with Crippen molar-refractivity contribution < 1.29 is 0 Å². The van der Waals surface area contributed by atoms with Crippen LogP contribution in [0.5, 0.6) is 0 Å². The van der Waals surface area contributed by atoms with Crippen LogP contribution in [0.25, 0.3) is 27.6 Å². The first-order valence-corrected chi connectivity index (χ1v) is 18.5. The number of para-hydroxylation sites is 3. The summed E-state index contributed by atoms with van der Waals surface area (Å²) in [6.45, 7) is 0.110. The van der Waals surface area contributed by atoms with Crippen LogP contribution >= 0.6 is 0 Å². The zero-order valence-corrected chi connectivity index (χ0v) is 28.3. The molecule has 13 rings (SSSR count). The average molecular weight is 660 g/mol. The van der Waals surface area contributed by atoms with Gasteiger partial charge in [-0.3, -0.25) is 0 Å². The van der Waals surface area contributed by atoms with Crippen LogP contribution in [0.4, 0.5) is 34.1 Å². The smallest absolute Gasteiger partial charge is 0.332 e. The SMILES string of the molecule is C1=CC2=C3C(C=CN3B3c4cc5c(cc4N(c4ccccc4)c4cccc2c43)N(c2ccccc2)c2cccc3c2B5n2ccc4cccc-3c42)C1. The second-order valence-corrected chi connectivity index (χ2v) is 14.9. The van der Waals surface area contributed by atoms with E-state index in [4.69, 9.17) is 0 Å². The van der Waals surface area contributed by atoms with E-state index in [0.29, 0.717) is 5.92 Å². The fourth-order valence-corrected chi connectivity index (χ4v) is 10.4. The van der Waals surface area contributed by atoms with Crippen LogP contribution in [0.1, 0.15) is 12.0 Å². The number of anilines is 6. The molecule has 0 radical (unpaired) electrons. The molecule has 52 heavy (non-hydrogen) atoms. The molecule has 0 saturated heterocycles. The lowest BCUT2D eigenvalue weighted by atomic mass is 9.40. The first-order chi connectivity index (χ1) is 25.8. The Morgan fingerprint density at radius 1 is 0.558 bits per heavy atom. The largest absolute Gasteiger partial charge is 0.386 e.